The van der Waals surface area contributed by atoms with E-state index in [4.69, 9.17) is 4.74 Å². The molecule has 2 heteroatoms. The van der Waals surface area contributed by atoms with Gasteiger partial charge in [-0.15, -0.1) is 0 Å². The molecule has 12 heavy (non-hydrogen) atoms. The lowest BCUT2D eigenvalue weighted by molar-refractivity contribution is -0.116. The van der Waals surface area contributed by atoms with Crippen molar-refractivity contribution < 1.29 is 4.74 Å². The fourth-order valence-corrected chi connectivity index (χ4v) is 1.82. The number of nitrogens with one attached hydrogen (secondary N) is 1. The third kappa shape index (κ3) is 2.20. The summed E-state index contributed by atoms with van der Waals surface area (Å²) in [5.41, 5.74) is 0.0202. The lowest BCUT2D eigenvalue weighted by Gasteiger charge is -2.41. The molecule has 0 aromatic carbocycles. The van der Waals surface area contributed by atoms with Crippen molar-refractivity contribution in [3.63, 3.8) is 0 Å². The van der Waals surface area contributed by atoms with Gasteiger partial charge in [0.05, 0.1) is 11.7 Å². The van der Waals surface area contributed by atoms with Crippen LogP contribution in [0.1, 0.15) is 40.5 Å². The van der Waals surface area contributed by atoms with E-state index in [0.29, 0.717) is 12.1 Å². The molecule has 0 bridgehead atoms. The molecule has 1 rings (SSSR count). The van der Waals surface area contributed by atoms with E-state index < -0.39 is 0 Å². The zero-order chi connectivity index (χ0) is 9.19. The van der Waals surface area contributed by atoms with Gasteiger partial charge in [0.2, 0.25) is 0 Å². The molecule has 1 saturated heterocycles. The maximum atomic E-state index is 5.96. The Morgan fingerprint density at radius 1 is 1.33 bits per heavy atom. The summed E-state index contributed by atoms with van der Waals surface area (Å²) in [7, 11) is 0. The lowest BCUT2D eigenvalue weighted by atomic mass is 9.98. The number of ether oxygens (including phenoxy) is 1. The van der Waals surface area contributed by atoms with Crippen LogP contribution in [-0.2, 0) is 4.74 Å². The van der Waals surface area contributed by atoms with Crippen LogP contribution < -0.4 is 5.32 Å². The number of morpholine rings is 1. The summed E-state index contributed by atoms with van der Waals surface area (Å²) >= 11 is 0. The van der Waals surface area contributed by atoms with E-state index in [1.165, 1.54) is 0 Å². The summed E-state index contributed by atoms with van der Waals surface area (Å²) in [6.45, 7) is 9.67. The second-order valence-electron chi connectivity index (χ2n) is 4.22. The predicted molar refractivity (Wildman–Crippen MR) is 51.3 cm³/mol. The van der Waals surface area contributed by atoms with Gasteiger partial charge in [0.15, 0.2) is 0 Å². The normalized spacial score (nSPS) is 35.0. The van der Waals surface area contributed by atoms with Crippen LogP contribution in [0.25, 0.3) is 0 Å². The van der Waals surface area contributed by atoms with Crippen LogP contribution >= 0.6 is 0 Å². The summed E-state index contributed by atoms with van der Waals surface area (Å²) in [6, 6.07) is 0.558. The maximum Gasteiger partial charge on any atom is 0.0754 e. The molecule has 0 spiro atoms. The Kier molecular flexibility index (Phi) is 3.13. The summed E-state index contributed by atoms with van der Waals surface area (Å²) in [5, 5.41) is 3.54. The molecule has 0 aromatic heterocycles. The minimum atomic E-state index is 0.0202. The Labute approximate surface area is 75.7 Å². The van der Waals surface area contributed by atoms with Crippen LogP contribution in [-0.4, -0.2) is 24.3 Å². The average molecular weight is 171 g/mol. The van der Waals surface area contributed by atoms with Crippen LogP contribution in [0.3, 0.4) is 0 Å². The first kappa shape index (κ1) is 10.0. The molecule has 2 unspecified atom stereocenters. The van der Waals surface area contributed by atoms with Crippen LogP contribution in [0, 0.1) is 0 Å². The third-order valence-corrected chi connectivity index (χ3v) is 2.55. The van der Waals surface area contributed by atoms with Crippen LogP contribution in [0.4, 0.5) is 0 Å². The van der Waals surface area contributed by atoms with Gasteiger partial charge in [-0.1, -0.05) is 13.8 Å². The van der Waals surface area contributed by atoms with Gasteiger partial charge in [-0.3, -0.25) is 0 Å². The van der Waals surface area contributed by atoms with Gasteiger partial charge >= 0.3 is 0 Å². The molecule has 0 aromatic rings. The van der Waals surface area contributed by atoms with Gasteiger partial charge in [0.25, 0.3) is 0 Å². The van der Waals surface area contributed by atoms with Gasteiger partial charge in [-0.05, 0) is 26.7 Å². The molecule has 0 radical (unpaired) electrons. The zero-order valence-electron chi connectivity index (χ0n) is 8.68. The molecule has 0 amide bonds. The van der Waals surface area contributed by atoms with Crippen molar-refractivity contribution in [2.24, 2.45) is 0 Å². The fraction of sp³-hybridized carbons (Fsp3) is 1.00. The molecule has 1 aliphatic heterocycles. The smallest absolute Gasteiger partial charge is 0.0754 e. The number of rotatable bonds is 2. The molecule has 0 saturated carbocycles. The molecule has 2 nitrogen and oxygen atoms in total. The van der Waals surface area contributed by atoms with Crippen molar-refractivity contribution in [1.82, 2.24) is 5.32 Å². The molecule has 1 N–H and O–H groups in total. The van der Waals surface area contributed by atoms with Crippen LogP contribution in [0.15, 0.2) is 0 Å². The fourth-order valence-electron chi connectivity index (χ4n) is 1.82. The maximum absolute atomic E-state index is 5.96. The van der Waals surface area contributed by atoms with E-state index in [1.54, 1.807) is 0 Å². The van der Waals surface area contributed by atoms with Gasteiger partial charge in [-0.2, -0.15) is 0 Å². The first-order chi connectivity index (χ1) is 5.59. The summed E-state index contributed by atoms with van der Waals surface area (Å²) < 4.78 is 5.96. The second-order valence-corrected chi connectivity index (χ2v) is 4.22. The molecular formula is C10H21NO. The van der Waals surface area contributed by atoms with E-state index >= 15 is 0 Å². The topological polar surface area (TPSA) is 21.3 Å². The first-order valence-corrected chi connectivity index (χ1v) is 5.00. The molecule has 1 aliphatic rings. The highest BCUT2D eigenvalue weighted by Crippen LogP contribution is 2.22. The van der Waals surface area contributed by atoms with E-state index in [1.807, 2.05) is 0 Å². The van der Waals surface area contributed by atoms with Gasteiger partial charge in [0.1, 0.15) is 0 Å². The number of hydrogen-bond donors (Lipinski definition) is 1. The Balaban J connectivity index is 2.53. The SMILES string of the molecule is CCC1NCC(C)(C)OC1CC. The van der Waals surface area contributed by atoms with Gasteiger partial charge < -0.3 is 10.1 Å². The molecule has 1 heterocycles. The zero-order valence-corrected chi connectivity index (χ0v) is 8.68. The second kappa shape index (κ2) is 3.75. The Bertz CT molecular complexity index is 145. The Morgan fingerprint density at radius 2 is 2.00 bits per heavy atom. The van der Waals surface area contributed by atoms with E-state index in [0.717, 1.165) is 19.4 Å². The lowest BCUT2D eigenvalue weighted by Crippen LogP contribution is -2.56. The molecule has 1 fully saturated rings. The Hall–Kier alpha value is -0.0800. The van der Waals surface area contributed by atoms with E-state index in [9.17, 15) is 0 Å². The van der Waals surface area contributed by atoms with Crippen molar-refractivity contribution >= 4 is 0 Å². The van der Waals surface area contributed by atoms with Crippen molar-refractivity contribution in [3.05, 3.63) is 0 Å². The molecular weight excluding hydrogens is 150 g/mol. The predicted octanol–water partition coefficient (Wildman–Crippen LogP) is 1.94. The Morgan fingerprint density at radius 3 is 2.50 bits per heavy atom. The van der Waals surface area contributed by atoms with Crippen LogP contribution in [0.2, 0.25) is 0 Å². The first-order valence-electron chi connectivity index (χ1n) is 5.00. The minimum absolute atomic E-state index is 0.0202. The minimum Gasteiger partial charge on any atom is -0.369 e. The molecule has 2 atom stereocenters. The van der Waals surface area contributed by atoms with Gasteiger partial charge in [0, 0.05) is 12.6 Å². The highest BCUT2D eigenvalue weighted by atomic mass is 16.5. The van der Waals surface area contributed by atoms with E-state index in [2.05, 4.69) is 33.0 Å². The van der Waals surface area contributed by atoms with Crippen LogP contribution in [0.5, 0.6) is 0 Å². The van der Waals surface area contributed by atoms with Crippen molar-refractivity contribution in [2.45, 2.75) is 58.3 Å². The summed E-state index contributed by atoms with van der Waals surface area (Å²) in [4.78, 5) is 0. The summed E-state index contributed by atoms with van der Waals surface area (Å²) in [6.07, 6.45) is 2.67. The quantitative estimate of drug-likeness (QED) is 0.685. The van der Waals surface area contributed by atoms with E-state index in [-0.39, 0.29) is 5.60 Å². The third-order valence-electron chi connectivity index (χ3n) is 2.55. The van der Waals surface area contributed by atoms with Crippen molar-refractivity contribution in [2.75, 3.05) is 6.54 Å². The molecule has 72 valence electrons. The highest BCUT2D eigenvalue weighted by Gasteiger charge is 2.32. The van der Waals surface area contributed by atoms with Crippen molar-refractivity contribution in [3.8, 4) is 0 Å². The standard InChI is InChI=1S/C10H21NO/c1-5-8-9(6-2)12-10(3,4)7-11-8/h8-9,11H,5-7H2,1-4H3. The monoisotopic (exact) mass is 171 g/mol. The largest absolute Gasteiger partial charge is 0.369 e. The highest BCUT2D eigenvalue weighted by molar-refractivity contribution is 4.87. The van der Waals surface area contributed by atoms with Gasteiger partial charge in [-0.25, -0.2) is 0 Å². The number of hydrogen-bond acceptors (Lipinski definition) is 2. The molecule has 0 aliphatic carbocycles. The summed E-state index contributed by atoms with van der Waals surface area (Å²) in [5.74, 6) is 0. The average Bonchev–Trinajstić information content (AvgIpc) is 2.03. The van der Waals surface area contributed by atoms with Crippen molar-refractivity contribution in [1.29, 1.82) is 0 Å².